The van der Waals surface area contributed by atoms with Crippen LogP contribution in [0.2, 0.25) is 0 Å². The lowest BCUT2D eigenvalue weighted by Gasteiger charge is -2.39. The van der Waals surface area contributed by atoms with Crippen molar-refractivity contribution in [2.45, 2.75) is 64.9 Å². The van der Waals surface area contributed by atoms with Gasteiger partial charge in [-0.2, -0.15) is 0 Å². The summed E-state index contributed by atoms with van der Waals surface area (Å²) in [4.78, 5) is 2.69. The normalized spacial score (nSPS) is 27.0. The lowest BCUT2D eigenvalue weighted by molar-refractivity contribution is -0.0114. The summed E-state index contributed by atoms with van der Waals surface area (Å²) in [6.07, 6.45) is 9.88. The zero-order valence-electron chi connectivity index (χ0n) is 13.6. The summed E-state index contributed by atoms with van der Waals surface area (Å²) in [5.74, 6) is 0. The van der Waals surface area contributed by atoms with Crippen molar-refractivity contribution >= 4 is 0 Å². The molecule has 1 saturated carbocycles. The molecule has 3 heteroatoms. The van der Waals surface area contributed by atoms with E-state index in [1.165, 1.54) is 58.2 Å². The molecule has 0 aromatic heterocycles. The zero-order chi connectivity index (χ0) is 14.3. The van der Waals surface area contributed by atoms with Crippen LogP contribution in [0.25, 0.3) is 0 Å². The van der Waals surface area contributed by atoms with E-state index in [9.17, 15) is 0 Å². The highest BCUT2D eigenvalue weighted by Crippen LogP contribution is 2.38. The third-order valence-corrected chi connectivity index (χ3v) is 4.99. The Bertz CT molecular complexity index is 264. The third-order valence-electron chi connectivity index (χ3n) is 4.99. The Balaban J connectivity index is 1.83. The number of piperidine rings is 1. The third kappa shape index (κ3) is 4.71. The van der Waals surface area contributed by atoms with Gasteiger partial charge in [0.15, 0.2) is 0 Å². The molecule has 0 amide bonds. The van der Waals surface area contributed by atoms with E-state index in [2.05, 4.69) is 24.1 Å². The smallest absolute Gasteiger partial charge is 0.0702 e. The first-order valence-corrected chi connectivity index (χ1v) is 8.83. The molecule has 1 aliphatic heterocycles. The summed E-state index contributed by atoms with van der Waals surface area (Å²) in [5.41, 5.74) is 0.544. The fourth-order valence-corrected chi connectivity index (χ4v) is 3.96. The van der Waals surface area contributed by atoms with Crippen molar-refractivity contribution in [1.29, 1.82) is 0 Å². The monoisotopic (exact) mass is 282 g/mol. The van der Waals surface area contributed by atoms with E-state index in [1.807, 2.05) is 0 Å². The number of nitrogens with one attached hydrogen (secondary N) is 1. The van der Waals surface area contributed by atoms with E-state index in [0.29, 0.717) is 11.5 Å². The van der Waals surface area contributed by atoms with Crippen molar-refractivity contribution in [1.82, 2.24) is 10.2 Å². The highest BCUT2D eigenvalue weighted by molar-refractivity contribution is 4.90. The molecule has 1 N–H and O–H groups in total. The minimum Gasteiger partial charge on any atom is -0.377 e. The van der Waals surface area contributed by atoms with Crippen LogP contribution in [0.5, 0.6) is 0 Å². The molecule has 1 atom stereocenters. The van der Waals surface area contributed by atoms with Crippen LogP contribution in [0.4, 0.5) is 0 Å². The Morgan fingerprint density at radius 1 is 1.20 bits per heavy atom. The van der Waals surface area contributed by atoms with Crippen LogP contribution in [0.3, 0.4) is 0 Å². The first-order chi connectivity index (χ1) is 9.78. The summed E-state index contributed by atoms with van der Waals surface area (Å²) in [7, 11) is 0. The molecular weight excluding hydrogens is 248 g/mol. The van der Waals surface area contributed by atoms with Gasteiger partial charge in [0.05, 0.1) is 6.10 Å². The molecule has 0 spiro atoms. The minimum absolute atomic E-state index is 0.487. The first-order valence-electron chi connectivity index (χ1n) is 8.83. The highest BCUT2D eigenvalue weighted by Gasteiger charge is 2.36. The lowest BCUT2D eigenvalue weighted by atomic mass is 9.84. The highest BCUT2D eigenvalue weighted by atomic mass is 16.5. The van der Waals surface area contributed by atoms with Gasteiger partial charge in [-0.3, -0.25) is 0 Å². The maximum atomic E-state index is 5.98. The molecule has 118 valence electrons. The number of nitrogens with zero attached hydrogens (tertiary/aromatic N) is 1. The van der Waals surface area contributed by atoms with Gasteiger partial charge in [-0.1, -0.05) is 26.7 Å². The van der Waals surface area contributed by atoms with E-state index >= 15 is 0 Å². The summed E-state index contributed by atoms with van der Waals surface area (Å²) in [5, 5.41) is 3.61. The van der Waals surface area contributed by atoms with Gasteiger partial charge in [0.1, 0.15) is 0 Å². The standard InChI is InChI=1S/C17H34N2O/c1-3-12-20-16-8-7-11-19(13-16)15-17(14-18-4-2)9-5-6-10-17/h16,18H,3-15H2,1-2H3. The predicted octanol–water partition coefficient (Wildman–Crippen LogP) is 3.05. The van der Waals surface area contributed by atoms with Crippen molar-refractivity contribution in [2.75, 3.05) is 39.3 Å². The molecule has 0 bridgehead atoms. The molecule has 3 nitrogen and oxygen atoms in total. The fourth-order valence-electron chi connectivity index (χ4n) is 3.96. The van der Waals surface area contributed by atoms with Crippen molar-refractivity contribution in [3.05, 3.63) is 0 Å². The van der Waals surface area contributed by atoms with Crippen LogP contribution in [0.1, 0.15) is 58.8 Å². The van der Waals surface area contributed by atoms with Gasteiger partial charge >= 0.3 is 0 Å². The van der Waals surface area contributed by atoms with Gasteiger partial charge in [0.25, 0.3) is 0 Å². The van der Waals surface area contributed by atoms with Gasteiger partial charge in [-0.15, -0.1) is 0 Å². The van der Waals surface area contributed by atoms with Crippen LogP contribution in [0.15, 0.2) is 0 Å². The molecule has 0 aromatic rings. The van der Waals surface area contributed by atoms with Crippen LogP contribution in [-0.2, 0) is 4.74 Å². The molecule has 2 fully saturated rings. The number of hydrogen-bond donors (Lipinski definition) is 1. The van der Waals surface area contributed by atoms with Crippen LogP contribution < -0.4 is 5.32 Å². The Morgan fingerprint density at radius 3 is 2.70 bits per heavy atom. The van der Waals surface area contributed by atoms with Crippen LogP contribution in [-0.4, -0.2) is 50.3 Å². The van der Waals surface area contributed by atoms with Gasteiger partial charge < -0.3 is 15.0 Å². The van der Waals surface area contributed by atoms with E-state index in [1.54, 1.807) is 0 Å². The molecule has 1 saturated heterocycles. The first kappa shape index (κ1) is 16.3. The van der Waals surface area contributed by atoms with Crippen molar-refractivity contribution < 1.29 is 4.74 Å². The Morgan fingerprint density at radius 2 is 2.00 bits per heavy atom. The molecule has 1 heterocycles. The Hall–Kier alpha value is -0.120. The second-order valence-electron chi connectivity index (χ2n) is 6.86. The second kappa shape index (κ2) is 8.35. The summed E-state index contributed by atoms with van der Waals surface area (Å²) >= 11 is 0. The molecule has 1 unspecified atom stereocenters. The van der Waals surface area contributed by atoms with Crippen LogP contribution >= 0.6 is 0 Å². The lowest BCUT2D eigenvalue weighted by Crippen LogP contribution is -2.47. The number of hydrogen-bond acceptors (Lipinski definition) is 3. The van der Waals surface area contributed by atoms with Gasteiger partial charge in [-0.05, 0) is 50.6 Å². The maximum absolute atomic E-state index is 5.98. The molecule has 1 aliphatic carbocycles. The number of rotatable bonds is 8. The van der Waals surface area contributed by atoms with Crippen molar-refractivity contribution in [3.8, 4) is 0 Å². The average Bonchev–Trinajstić information content (AvgIpc) is 2.92. The molecule has 2 aliphatic rings. The van der Waals surface area contributed by atoms with Gasteiger partial charge in [0.2, 0.25) is 0 Å². The van der Waals surface area contributed by atoms with E-state index in [-0.39, 0.29) is 0 Å². The second-order valence-corrected chi connectivity index (χ2v) is 6.86. The number of likely N-dealkylation sites (tertiary alicyclic amines) is 1. The van der Waals surface area contributed by atoms with Gasteiger partial charge in [0, 0.05) is 26.2 Å². The molecular formula is C17H34N2O. The molecule has 20 heavy (non-hydrogen) atoms. The van der Waals surface area contributed by atoms with E-state index in [4.69, 9.17) is 4.74 Å². The number of ether oxygens (including phenoxy) is 1. The summed E-state index contributed by atoms with van der Waals surface area (Å²) < 4.78 is 5.98. The average molecular weight is 282 g/mol. The fraction of sp³-hybridized carbons (Fsp3) is 1.00. The van der Waals surface area contributed by atoms with Crippen molar-refractivity contribution in [2.24, 2.45) is 5.41 Å². The van der Waals surface area contributed by atoms with E-state index < -0.39 is 0 Å². The van der Waals surface area contributed by atoms with Gasteiger partial charge in [-0.25, -0.2) is 0 Å². The predicted molar refractivity (Wildman–Crippen MR) is 85.1 cm³/mol. The zero-order valence-corrected chi connectivity index (χ0v) is 13.6. The SMILES string of the molecule is CCCOC1CCCN(CC2(CNCC)CCCC2)C1. The summed E-state index contributed by atoms with van der Waals surface area (Å²) in [6.45, 7) is 11.4. The molecule has 2 rings (SSSR count). The minimum atomic E-state index is 0.487. The Labute approximate surface area is 125 Å². The van der Waals surface area contributed by atoms with Crippen LogP contribution in [0, 0.1) is 5.41 Å². The summed E-state index contributed by atoms with van der Waals surface area (Å²) in [6, 6.07) is 0. The van der Waals surface area contributed by atoms with Crippen molar-refractivity contribution in [3.63, 3.8) is 0 Å². The quantitative estimate of drug-likeness (QED) is 0.740. The maximum Gasteiger partial charge on any atom is 0.0702 e. The molecule has 0 aromatic carbocycles. The topological polar surface area (TPSA) is 24.5 Å². The molecule has 0 radical (unpaired) electrons. The Kier molecular flexibility index (Phi) is 6.79. The largest absolute Gasteiger partial charge is 0.377 e. The van der Waals surface area contributed by atoms with E-state index in [0.717, 1.165) is 26.1 Å².